The highest BCUT2D eigenvalue weighted by Gasteiger charge is 2.28. The number of benzene rings is 2. The molecule has 7 nitrogen and oxygen atoms in total. The van der Waals surface area contributed by atoms with Crippen molar-refractivity contribution in [1.82, 2.24) is 0 Å². The Balaban J connectivity index is 2.12. The largest absolute Gasteiger partial charge is 0.507 e. The summed E-state index contributed by atoms with van der Waals surface area (Å²) < 4.78 is 12.1. The maximum Gasteiger partial charge on any atom is 0.200 e. The smallest absolute Gasteiger partial charge is 0.200 e. The summed E-state index contributed by atoms with van der Waals surface area (Å²) in [6.45, 7) is 7.47. The van der Waals surface area contributed by atoms with Gasteiger partial charge in [-0.25, -0.2) is 0 Å². The molecule has 0 aliphatic carbocycles. The molecule has 32 heavy (non-hydrogen) atoms. The van der Waals surface area contributed by atoms with E-state index in [-0.39, 0.29) is 45.8 Å². The molecule has 0 saturated carbocycles. The number of ether oxygens (including phenoxy) is 1. The van der Waals surface area contributed by atoms with Crippen molar-refractivity contribution in [2.75, 3.05) is 0 Å². The van der Waals surface area contributed by atoms with Gasteiger partial charge >= 0.3 is 0 Å². The first-order valence-electron chi connectivity index (χ1n) is 10.1. The second kappa shape index (κ2) is 7.37. The van der Waals surface area contributed by atoms with Gasteiger partial charge in [0.1, 0.15) is 34.0 Å². The summed E-state index contributed by atoms with van der Waals surface area (Å²) in [4.78, 5) is 13.5. The van der Waals surface area contributed by atoms with Crippen LogP contribution in [-0.4, -0.2) is 26.0 Å². The van der Waals surface area contributed by atoms with E-state index in [1.807, 2.05) is 39.8 Å². The van der Waals surface area contributed by atoms with E-state index in [1.54, 1.807) is 6.08 Å². The Morgan fingerprint density at radius 2 is 1.69 bits per heavy atom. The predicted molar refractivity (Wildman–Crippen MR) is 121 cm³/mol. The SMILES string of the molecule is CC(C)=CCc1c(-c2cc(O)c(O)cc2O)oc2c3c(cc(O)c2c1=O)OC(C)(C)C=C3. The molecule has 0 radical (unpaired) electrons. The Morgan fingerprint density at radius 3 is 2.38 bits per heavy atom. The second-order valence-corrected chi connectivity index (χ2v) is 8.63. The van der Waals surface area contributed by atoms with Gasteiger partial charge in [0.25, 0.3) is 0 Å². The topological polar surface area (TPSA) is 120 Å². The summed E-state index contributed by atoms with van der Waals surface area (Å²) in [5, 5.41) is 40.9. The normalized spacial score (nSPS) is 14.1. The lowest BCUT2D eigenvalue weighted by Crippen LogP contribution is -2.27. The van der Waals surface area contributed by atoms with Gasteiger partial charge in [-0.2, -0.15) is 0 Å². The maximum atomic E-state index is 13.5. The summed E-state index contributed by atoms with van der Waals surface area (Å²) in [6, 6.07) is 3.50. The first kappa shape index (κ1) is 21.4. The number of hydrogen-bond acceptors (Lipinski definition) is 7. The number of aromatic hydroxyl groups is 4. The lowest BCUT2D eigenvalue weighted by molar-refractivity contribution is 0.158. The van der Waals surface area contributed by atoms with E-state index in [0.29, 0.717) is 11.3 Å². The van der Waals surface area contributed by atoms with Gasteiger partial charge in [-0.05, 0) is 52.3 Å². The summed E-state index contributed by atoms with van der Waals surface area (Å²) in [7, 11) is 0. The van der Waals surface area contributed by atoms with Crippen molar-refractivity contribution < 1.29 is 29.6 Å². The number of rotatable bonds is 3. The van der Waals surface area contributed by atoms with E-state index in [2.05, 4.69) is 0 Å². The zero-order valence-electron chi connectivity index (χ0n) is 18.2. The minimum atomic E-state index is -0.610. The molecule has 166 valence electrons. The van der Waals surface area contributed by atoms with Gasteiger partial charge in [0, 0.05) is 17.7 Å². The highest BCUT2D eigenvalue weighted by Crippen LogP contribution is 2.44. The molecule has 0 fully saturated rings. The number of fused-ring (bicyclic) bond motifs is 3. The maximum absolute atomic E-state index is 13.5. The van der Waals surface area contributed by atoms with Crippen molar-refractivity contribution in [3.05, 3.63) is 57.3 Å². The summed E-state index contributed by atoms with van der Waals surface area (Å²) in [5.41, 5.74) is 0.683. The molecule has 0 bridgehead atoms. The van der Waals surface area contributed by atoms with E-state index in [1.165, 1.54) is 6.07 Å². The van der Waals surface area contributed by atoms with Gasteiger partial charge in [-0.3, -0.25) is 4.79 Å². The third-order valence-electron chi connectivity index (χ3n) is 5.32. The molecule has 2 aromatic carbocycles. The predicted octanol–water partition coefficient (Wildman–Crippen LogP) is 4.98. The highest BCUT2D eigenvalue weighted by atomic mass is 16.5. The number of phenols is 4. The zero-order chi connectivity index (χ0) is 23.4. The van der Waals surface area contributed by atoms with Crippen molar-refractivity contribution in [3.63, 3.8) is 0 Å². The first-order valence-corrected chi connectivity index (χ1v) is 10.1. The molecular formula is C25H24O7. The average molecular weight is 436 g/mol. The van der Waals surface area contributed by atoms with Crippen LogP contribution in [0.1, 0.15) is 38.8 Å². The summed E-state index contributed by atoms with van der Waals surface area (Å²) in [5.74, 6) is -1.25. The summed E-state index contributed by atoms with van der Waals surface area (Å²) >= 11 is 0. The molecule has 0 unspecified atom stereocenters. The molecule has 7 heteroatoms. The third kappa shape index (κ3) is 3.56. The van der Waals surface area contributed by atoms with Crippen molar-refractivity contribution in [2.24, 2.45) is 0 Å². The molecular weight excluding hydrogens is 412 g/mol. The average Bonchev–Trinajstić information content (AvgIpc) is 2.68. The fourth-order valence-corrected chi connectivity index (χ4v) is 3.68. The minimum absolute atomic E-state index is 0.0000947. The van der Waals surface area contributed by atoms with Gasteiger partial charge in [-0.15, -0.1) is 0 Å². The van der Waals surface area contributed by atoms with Crippen molar-refractivity contribution >= 4 is 17.0 Å². The fraction of sp³-hybridized carbons (Fsp3) is 0.240. The molecule has 1 aliphatic rings. The van der Waals surface area contributed by atoms with E-state index in [4.69, 9.17) is 9.15 Å². The van der Waals surface area contributed by atoms with Crippen LogP contribution in [0.5, 0.6) is 28.7 Å². The number of allylic oxidation sites excluding steroid dienone is 2. The molecule has 1 aliphatic heterocycles. The van der Waals surface area contributed by atoms with Crippen LogP contribution in [0.3, 0.4) is 0 Å². The molecule has 2 heterocycles. The van der Waals surface area contributed by atoms with Gasteiger partial charge < -0.3 is 29.6 Å². The van der Waals surface area contributed by atoms with Crippen LogP contribution < -0.4 is 10.2 Å². The Kier molecular flexibility index (Phi) is 4.92. The van der Waals surface area contributed by atoms with Crippen LogP contribution in [0.4, 0.5) is 0 Å². The lowest BCUT2D eigenvalue weighted by atomic mass is 9.96. The monoisotopic (exact) mass is 436 g/mol. The summed E-state index contributed by atoms with van der Waals surface area (Å²) in [6.07, 6.45) is 5.57. The number of hydrogen-bond donors (Lipinski definition) is 4. The van der Waals surface area contributed by atoms with E-state index in [0.717, 1.165) is 17.7 Å². The highest BCUT2D eigenvalue weighted by molar-refractivity contribution is 5.95. The molecule has 0 amide bonds. The molecule has 4 N–H and O–H groups in total. The third-order valence-corrected chi connectivity index (χ3v) is 5.32. The lowest BCUT2D eigenvalue weighted by Gasteiger charge is -2.28. The molecule has 3 aromatic rings. The van der Waals surface area contributed by atoms with Crippen molar-refractivity contribution in [1.29, 1.82) is 0 Å². The Bertz CT molecular complexity index is 1370. The second-order valence-electron chi connectivity index (χ2n) is 8.63. The Hall–Kier alpha value is -3.87. The van der Waals surface area contributed by atoms with Crippen LogP contribution in [0.25, 0.3) is 28.4 Å². The minimum Gasteiger partial charge on any atom is -0.507 e. The van der Waals surface area contributed by atoms with Crippen LogP contribution in [0.15, 0.2) is 45.1 Å². The van der Waals surface area contributed by atoms with Crippen LogP contribution >= 0.6 is 0 Å². The molecule has 0 spiro atoms. The Labute approximate surface area is 184 Å². The molecule has 0 atom stereocenters. The van der Waals surface area contributed by atoms with Crippen molar-refractivity contribution in [3.8, 4) is 40.1 Å². The quantitative estimate of drug-likeness (QED) is 0.260. The standard InChI is InChI=1S/C25H24O7/c1-12(2)5-6-14-22(30)21-19(29)11-20-13(7-8-25(3,4)32-20)24(21)31-23(14)15-9-17(27)18(28)10-16(15)26/h5,7-11,26-29H,6H2,1-4H3. The van der Waals surface area contributed by atoms with E-state index >= 15 is 0 Å². The fourth-order valence-electron chi connectivity index (χ4n) is 3.68. The molecule has 1 aromatic heterocycles. The Morgan fingerprint density at radius 1 is 1.00 bits per heavy atom. The number of phenolic OH excluding ortho intramolecular Hbond substituents is 4. The molecule has 0 saturated heterocycles. The van der Waals surface area contributed by atoms with Gasteiger partial charge in [0.2, 0.25) is 5.43 Å². The molecule has 4 rings (SSSR count). The van der Waals surface area contributed by atoms with Crippen LogP contribution in [0, 0.1) is 0 Å². The van der Waals surface area contributed by atoms with Crippen LogP contribution in [-0.2, 0) is 6.42 Å². The van der Waals surface area contributed by atoms with Crippen LogP contribution in [0.2, 0.25) is 0 Å². The van der Waals surface area contributed by atoms with E-state index < -0.39 is 22.5 Å². The zero-order valence-corrected chi connectivity index (χ0v) is 18.2. The first-order chi connectivity index (χ1) is 15.0. The van der Waals surface area contributed by atoms with Gasteiger partial charge in [-0.1, -0.05) is 11.6 Å². The van der Waals surface area contributed by atoms with Gasteiger partial charge in [0.15, 0.2) is 17.1 Å². The van der Waals surface area contributed by atoms with E-state index in [9.17, 15) is 25.2 Å². The van der Waals surface area contributed by atoms with Gasteiger partial charge in [0.05, 0.1) is 11.1 Å². The van der Waals surface area contributed by atoms with Crippen molar-refractivity contribution in [2.45, 2.75) is 39.7 Å².